The van der Waals surface area contributed by atoms with Gasteiger partial charge in [0.25, 0.3) is 0 Å². The van der Waals surface area contributed by atoms with Gasteiger partial charge in [-0.2, -0.15) is 0 Å². The Kier molecular flexibility index (Phi) is 2.09. The third kappa shape index (κ3) is 1.39. The van der Waals surface area contributed by atoms with Crippen LogP contribution < -0.4 is 10.4 Å². The van der Waals surface area contributed by atoms with Crippen LogP contribution >= 0.6 is 0 Å². The first-order valence-corrected chi connectivity index (χ1v) is 7.43. The number of fused-ring (bicyclic) bond motifs is 3. The molecular weight excluding hydrogens is 252 g/mol. The largest absolute Gasteiger partial charge is 0.0647 e. The zero-order chi connectivity index (χ0) is 13.8. The van der Waals surface area contributed by atoms with Crippen molar-refractivity contribution in [3.63, 3.8) is 0 Å². The van der Waals surface area contributed by atoms with Crippen LogP contribution in [0.1, 0.15) is 17.0 Å². The van der Waals surface area contributed by atoms with Crippen LogP contribution in [-0.2, 0) is 0 Å². The number of rotatable bonds is 1. The Morgan fingerprint density at radius 3 is 2.14 bits per heavy atom. The molecule has 2 aliphatic rings. The Balaban J connectivity index is 1.89. The highest BCUT2D eigenvalue weighted by Gasteiger charge is 2.29. The monoisotopic (exact) mass is 266 g/mol. The van der Waals surface area contributed by atoms with E-state index in [2.05, 4.69) is 78.9 Å². The lowest BCUT2D eigenvalue weighted by molar-refractivity contribution is 1.18. The molecular formula is C21H14. The van der Waals surface area contributed by atoms with E-state index >= 15 is 0 Å². The fourth-order valence-corrected chi connectivity index (χ4v) is 3.83. The maximum atomic E-state index is 2.42. The first-order chi connectivity index (χ1) is 10.4. The number of hydrogen-bond donors (Lipinski definition) is 0. The molecule has 0 amide bonds. The minimum Gasteiger partial charge on any atom is -0.0647 e. The third-order valence-electron chi connectivity index (χ3n) is 4.69. The molecule has 0 heterocycles. The van der Waals surface area contributed by atoms with E-state index in [4.69, 9.17) is 0 Å². The minimum absolute atomic E-state index is 0.381. The Labute approximate surface area is 123 Å². The Morgan fingerprint density at radius 1 is 0.571 bits per heavy atom. The second kappa shape index (κ2) is 3.95. The van der Waals surface area contributed by atoms with Crippen LogP contribution in [0, 0.1) is 0 Å². The lowest BCUT2D eigenvalue weighted by atomic mass is 9.89. The predicted octanol–water partition coefficient (Wildman–Crippen LogP) is 3.44. The molecule has 0 fully saturated rings. The van der Waals surface area contributed by atoms with Gasteiger partial charge < -0.3 is 0 Å². The highest BCUT2D eigenvalue weighted by Crippen LogP contribution is 2.41. The molecule has 0 N–H and O–H groups in total. The van der Waals surface area contributed by atoms with E-state index < -0.39 is 0 Å². The second-order valence-corrected chi connectivity index (χ2v) is 5.78. The van der Waals surface area contributed by atoms with E-state index in [1.165, 1.54) is 38.3 Å². The van der Waals surface area contributed by atoms with Crippen LogP contribution in [0.4, 0.5) is 0 Å². The molecule has 0 aromatic heterocycles. The van der Waals surface area contributed by atoms with Gasteiger partial charge in [0.05, 0.1) is 0 Å². The molecule has 0 bridgehead atoms. The van der Waals surface area contributed by atoms with Crippen molar-refractivity contribution in [3.05, 3.63) is 94.4 Å². The van der Waals surface area contributed by atoms with E-state index in [1.807, 2.05) is 0 Å². The van der Waals surface area contributed by atoms with Gasteiger partial charge in [-0.3, -0.25) is 0 Å². The van der Waals surface area contributed by atoms with Gasteiger partial charge in [0, 0.05) is 5.92 Å². The zero-order valence-electron chi connectivity index (χ0n) is 11.6. The van der Waals surface area contributed by atoms with E-state index in [0.717, 1.165) is 0 Å². The van der Waals surface area contributed by atoms with Crippen molar-refractivity contribution in [3.8, 4) is 11.1 Å². The lowest BCUT2D eigenvalue weighted by Gasteiger charge is -2.14. The van der Waals surface area contributed by atoms with Gasteiger partial charge in [0.2, 0.25) is 0 Å². The first-order valence-electron chi connectivity index (χ1n) is 7.43. The fourth-order valence-electron chi connectivity index (χ4n) is 3.83. The summed E-state index contributed by atoms with van der Waals surface area (Å²) in [6, 6.07) is 26.3. The summed E-state index contributed by atoms with van der Waals surface area (Å²) in [5, 5.41) is 2.83. The van der Waals surface area contributed by atoms with Gasteiger partial charge in [-0.05, 0) is 38.3 Å². The lowest BCUT2D eigenvalue weighted by Crippen LogP contribution is -2.22. The maximum absolute atomic E-state index is 2.42. The zero-order valence-corrected chi connectivity index (χ0v) is 11.6. The smallest absolute Gasteiger partial charge is 0.0291 e. The van der Waals surface area contributed by atoms with Crippen LogP contribution in [0.3, 0.4) is 0 Å². The number of hydrogen-bond acceptors (Lipinski definition) is 0. The van der Waals surface area contributed by atoms with Gasteiger partial charge in [-0.1, -0.05) is 78.9 Å². The molecule has 21 heavy (non-hydrogen) atoms. The molecule has 5 rings (SSSR count). The fraction of sp³-hybridized carbons (Fsp3) is 0.0476. The molecule has 0 saturated carbocycles. The van der Waals surface area contributed by atoms with Crippen molar-refractivity contribution in [2.24, 2.45) is 0 Å². The molecule has 0 heteroatoms. The second-order valence-electron chi connectivity index (χ2n) is 5.78. The summed E-state index contributed by atoms with van der Waals surface area (Å²) in [6.45, 7) is 0. The van der Waals surface area contributed by atoms with Crippen LogP contribution in [0.5, 0.6) is 0 Å². The highest BCUT2D eigenvalue weighted by molar-refractivity contribution is 5.96. The summed E-state index contributed by atoms with van der Waals surface area (Å²) >= 11 is 0. The Morgan fingerprint density at radius 2 is 1.29 bits per heavy atom. The van der Waals surface area contributed by atoms with E-state index in [1.54, 1.807) is 0 Å². The molecule has 0 nitrogen and oxygen atoms in total. The van der Waals surface area contributed by atoms with Gasteiger partial charge in [-0.25, -0.2) is 0 Å². The van der Waals surface area contributed by atoms with Gasteiger partial charge in [0.1, 0.15) is 0 Å². The SMILES string of the molecule is C1=c2cccc3c2=C(c2ccccc2-3)C1c1ccccc1. The molecule has 1 atom stereocenters. The topological polar surface area (TPSA) is 0 Å². The molecule has 3 aromatic carbocycles. The van der Waals surface area contributed by atoms with Crippen molar-refractivity contribution in [2.45, 2.75) is 5.92 Å². The Hall–Kier alpha value is -2.60. The molecule has 98 valence electrons. The average Bonchev–Trinajstić information content (AvgIpc) is 3.10. The molecule has 0 aliphatic heterocycles. The third-order valence-corrected chi connectivity index (χ3v) is 4.69. The van der Waals surface area contributed by atoms with Crippen molar-refractivity contribution in [1.29, 1.82) is 0 Å². The van der Waals surface area contributed by atoms with Crippen molar-refractivity contribution >= 4 is 11.6 Å². The summed E-state index contributed by atoms with van der Waals surface area (Å²) in [6.07, 6.45) is 2.42. The summed E-state index contributed by atoms with van der Waals surface area (Å²) < 4.78 is 0. The average molecular weight is 266 g/mol. The van der Waals surface area contributed by atoms with Crippen molar-refractivity contribution < 1.29 is 0 Å². The van der Waals surface area contributed by atoms with Gasteiger partial charge >= 0.3 is 0 Å². The standard InChI is InChI=1S/C21H14/c1-2-7-14(8-3-1)19-13-15-9-6-12-17-16-10-4-5-11-18(16)21(19)20(15)17/h1-13,19H. The van der Waals surface area contributed by atoms with Crippen LogP contribution in [-0.4, -0.2) is 0 Å². The number of benzene rings is 3. The summed E-state index contributed by atoms with van der Waals surface area (Å²) in [7, 11) is 0. The van der Waals surface area contributed by atoms with Crippen molar-refractivity contribution in [1.82, 2.24) is 0 Å². The molecule has 0 saturated heterocycles. The molecule has 1 unspecified atom stereocenters. The summed E-state index contributed by atoms with van der Waals surface area (Å²) in [5.74, 6) is 0.381. The molecule has 0 spiro atoms. The summed E-state index contributed by atoms with van der Waals surface area (Å²) in [5.41, 5.74) is 7.06. The van der Waals surface area contributed by atoms with Gasteiger partial charge in [0.15, 0.2) is 0 Å². The predicted molar refractivity (Wildman–Crippen MR) is 87.3 cm³/mol. The van der Waals surface area contributed by atoms with E-state index in [9.17, 15) is 0 Å². The first kappa shape index (κ1) is 11.1. The van der Waals surface area contributed by atoms with E-state index in [0.29, 0.717) is 5.92 Å². The van der Waals surface area contributed by atoms with Crippen LogP contribution in [0.15, 0.2) is 72.8 Å². The minimum atomic E-state index is 0.381. The van der Waals surface area contributed by atoms with Crippen LogP contribution in [0.2, 0.25) is 0 Å². The van der Waals surface area contributed by atoms with Gasteiger partial charge in [-0.15, -0.1) is 0 Å². The quantitative estimate of drug-likeness (QED) is 0.633. The molecule has 0 radical (unpaired) electrons. The normalized spacial score (nSPS) is 17.3. The van der Waals surface area contributed by atoms with Crippen molar-refractivity contribution in [2.75, 3.05) is 0 Å². The van der Waals surface area contributed by atoms with E-state index in [-0.39, 0.29) is 0 Å². The molecule has 2 aliphatic carbocycles. The summed E-state index contributed by atoms with van der Waals surface area (Å²) in [4.78, 5) is 0. The maximum Gasteiger partial charge on any atom is 0.0291 e. The molecule has 3 aromatic rings. The highest BCUT2D eigenvalue weighted by atomic mass is 14.3. The van der Waals surface area contributed by atoms with Crippen LogP contribution in [0.25, 0.3) is 22.8 Å². The Bertz CT molecular complexity index is 978.